The van der Waals surface area contributed by atoms with Crippen molar-refractivity contribution in [3.8, 4) is 12.3 Å². The van der Waals surface area contributed by atoms with Crippen LogP contribution in [0.4, 0.5) is 4.39 Å². The van der Waals surface area contributed by atoms with Crippen molar-refractivity contribution in [3.05, 3.63) is 35.6 Å². The highest BCUT2D eigenvalue weighted by molar-refractivity contribution is 5.75. The van der Waals surface area contributed by atoms with Crippen molar-refractivity contribution < 1.29 is 18.7 Å². The lowest BCUT2D eigenvalue weighted by atomic mass is 9.96. The van der Waals surface area contributed by atoms with E-state index >= 15 is 0 Å². The largest absolute Gasteiger partial charge is 0.460 e. The normalized spacial score (nSPS) is 22.0. The predicted octanol–water partition coefficient (Wildman–Crippen LogP) is 1.95. The van der Waals surface area contributed by atoms with Gasteiger partial charge in [-0.05, 0) is 24.1 Å². The zero-order valence-corrected chi connectivity index (χ0v) is 10.5. The molecule has 1 heterocycles. The molecule has 100 valence electrons. The van der Waals surface area contributed by atoms with Crippen LogP contribution in [0.3, 0.4) is 0 Å². The Hall–Kier alpha value is -1.86. The molecule has 0 amide bonds. The highest BCUT2D eigenvalue weighted by Gasteiger charge is 2.34. The molecule has 1 saturated heterocycles. The van der Waals surface area contributed by atoms with Crippen LogP contribution in [0.5, 0.6) is 0 Å². The van der Waals surface area contributed by atoms with Crippen LogP contribution in [0.15, 0.2) is 24.3 Å². The van der Waals surface area contributed by atoms with E-state index < -0.39 is 0 Å². The number of hydrogen-bond donors (Lipinski definition) is 0. The Kier molecular flexibility index (Phi) is 4.53. The van der Waals surface area contributed by atoms with E-state index in [1.54, 1.807) is 12.1 Å². The number of carbonyl (C=O) groups is 1. The van der Waals surface area contributed by atoms with Crippen molar-refractivity contribution in [3.63, 3.8) is 0 Å². The minimum Gasteiger partial charge on any atom is -0.460 e. The first kappa shape index (κ1) is 13.6. The summed E-state index contributed by atoms with van der Waals surface area (Å²) in [7, 11) is 0. The fourth-order valence-electron chi connectivity index (χ4n) is 2.15. The number of ether oxygens (including phenoxy) is 2. The minimum atomic E-state index is -0.279. The molecule has 4 heteroatoms. The van der Waals surface area contributed by atoms with Gasteiger partial charge in [0.1, 0.15) is 18.5 Å². The summed E-state index contributed by atoms with van der Waals surface area (Å²) in [6.45, 7) is 0.548. The molecule has 1 aromatic rings. The van der Waals surface area contributed by atoms with E-state index in [9.17, 15) is 9.18 Å². The van der Waals surface area contributed by atoms with Crippen molar-refractivity contribution in [2.24, 2.45) is 5.92 Å². The van der Waals surface area contributed by atoms with Crippen molar-refractivity contribution in [1.29, 1.82) is 0 Å². The third-order valence-electron chi connectivity index (χ3n) is 3.05. The summed E-state index contributed by atoms with van der Waals surface area (Å²) in [6, 6.07) is 6.15. The molecule has 0 aliphatic carbocycles. The molecular formula is C15H15FO3. The maximum atomic E-state index is 12.8. The van der Waals surface area contributed by atoms with E-state index in [4.69, 9.17) is 15.9 Å². The molecule has 1 aromatic carbocycles. The number of halogens is 1. The van der Waals surface area contributed by atoms with Crippen LogP contribution < -0.4 is 0 Å². The molecule has 1 fully saturated rings. The van der Waals surface area contributed by atoms with Gasteiger partial charge in [0.05, 0.1) is 12.5 Å². The molecule has 0 bridgehead atoms. The molecule has 0 radical (unpaired) electrons. The lowest BCUT2D eigenvalue weighted by molar-refractivity contribution is -0.145. The molecule has 0 spiro atoms. The number of benzene rings is 1. The van der Waals surface area contributed by atoms with E-state index in [2.05, 4.69) is 5.92 Å². The Balaban J connectivity index is 1.86. The summed E-state index contributed by atoms with van der Waals surface area (Å²) in [6.07, 6.45) is 6.01. The average molecular weight is 262 g/mol. The SMILES string of the molecule is C#CCOCC1CC(Cc2ccc(F)cc2)C(=O)O1. The minimum absolute atomic E-state index is 0.190. The van der Waals surface area contributed by atoms with Gasteiger partial charge in [-0.25, -0.2) is 4.39 Å². The first-order valence-corrected chi connectivity index (χ1v) is 6.15. The lowest BCUT2D eigenvalue weighted by Gasteiger charge is -2.07. The van der Waals surface area contributed by atoms with Gasteiger partial charge in [-0.15, -0.1) is 6.42 Å². The van der Waals surface area contributed by atoms with E-state index in [-0.39, 0.29) is 30.4 Å². The second kappa shape index (κ2) is 6.35. The van der Waals surface area contributed by atoms with Gasteiger partial charge < -0.3 is 9.47 Å². The van der Waals surface area contributed by atoms with E-state index in [1.165, 1.54) is 12.1 Å². The van der Waals surface area contributed by atoms with Crippen LogP contribution in [-0.2, 0) is 20.7 Å². The molecule has 0 aromatic heterocycles. The quantitative estimate of drug-likeness (QED) is 0.462. The number of rotatable bonds is 5. The lowest BCUT2D eigenvalue weighted by Crippen LogP contribution is -2.15. The van der Waals surface area contributed by atoms with Crippen LogP contribution in [0.2, 0.25) is 0 Å². The first-order valence-electron chi connectivity index (χ1n) is 6.15. The monoisotopic (exact) mass is 262 g/mol. The van der Waals surface area contributed by atoms with E-state index in [0.29, 0.717) is 19.4 Å². The van der Waals surface area contributed by atoms with Crippen molar-refractivity contribution in [2.75, 3.05) is 13.2 Å². The first-order chi connectivity index (χ1) is 9.19. The Morgan fingerprint density at radius 3 is 2.84 bits per heavy atom. The molecule has 2 atom stereocenters. The number of carbonyl (C=O) groups excluding carboxylic acids is 1. The highest BCUT2D eigenvalue weighted by atomic mass is 19.1. The van der Waals surface area contributed by atoms with Gasteiger partial charge in [0.25, 0.3) is 0 Å². The molecule has 2 unspecified atom stereocenters. The van der Waals surface area contributed by atoms with Crippen molar-refractivity contribution in [1.82, 2.24) is 0 Å². The van der Waals surface area contributed by atoms with Gasteiger partial charge in [0, 0.05) is 6.42 Å². The summed E-state index contributed by atoms with van der Waals surface area (Å²) in [4.78, 5) is 11.7. The third kappa shape index (κ3) is 3.80. The van der Waals surface area contributed by atoms with Gasteiger partial charge in [-0.3, -0.25) is 4.79 Å². The fourth-order valence-corrected chi connectivity index (χ4v) is 2.15. The fraction of sp³-hybridized carbons (Fsp3) is 0.400. The van der Waals surface area contributed by atoms with Gasteiger partial charge >= 0.3 is 5.97 Å². The van der Waals surface area contributed by atoms with Gasteiger partial charge in [0.2, 0.25) is 0 Å². The average Bonchev–Trinajstić information content (AvgIpc) is 2.73. The summed E-state index contributed by atoms with van der Waals surface area (Å²) in [5.41, 5.74) is 0.925. The van der Waals surface area contributed by atoms with Crippen LogP contribution in [0.1, 0.15) is 12.0 Å². The number of cyclic esters (lactones) is 1. The second-order valence-electron chi connectivity index (χ2n) is 4.54. The van der Waals surface area contributed by atoms with E-state index in [1.807, 2.05) is 0 Å². The maximum Gasteiger partial charge on any atom is 0.309 e. The Labute approximate surface area is 111 Å². The maximum absolute atomic E-state index is 12.8. The number of hydrogen-bond acceptors (Lipinski definition) is 3. The molecular weight excluding hydrogens is 247 g/mol. The molecule has 1 aliphatic heterocycles. The zero-order valence-electron chi connectivity index (χ0n) is 10.5. The molecule has 1 aliphatic rings. The van der Waals surface area contributed by atoms with Crippen molar-refractivity contribution >= 4 is 5.97 Å². The summed E-state index contributed by atoms with van der Waals surface area (Å²) >= 11 is 0. The van der Waals surface area contributed by atoms with Crippen molar-refractivity contribution in [2.45, 2.75) is 18.9 Å². The summed E-state index contributed by atoms with van der Waals surface area (Å²) in [5, 5.41) is 0. The smallest absolute Gasteiger partial charge is 0.309 e. The van der Waals surface area contributed by atoms with Gasteiger partial charge in [-0.2, -0.15) is 0 Å². The van der Waals surface area contributed by atoms with Gasteiger partial charge in [-0.1, -0.05) is 18.1 Å². The molecule has 2 rings (SSSR count). The molecule has 19 heavy (non-hydrogen) atoms. The molecule has 0 N–H and O–H groups in total. The van der Waals surface area contributed by atoms with Crippen LogP contribution >= 0.6 is 0 Å². The number of terminal acetylenes is 1. The Morgan fingerprint density at radius 2 is 2.16 bits per heavy atom. The summed E-state index contributed by atoms with van der Waals surface area (Å²) in [5.74, 6) is 1.67. The Bertz CT molecular complexity index is 475. The van der Waals surface area contributed by atoms with Crippen LogP contribution in [0, 0.1) is 24.1 Å². The zero-order chi connectivity index (χ0) is 13.7. The van der Waals surface area contributed by atoms with E-state index in [0.717, 1.165) is 5.56 Å². The second-order valence-corrected chi connectivity index (χ2v) is 4.54. The summed E-state index contributed by atoms with van der Waals surface area (Å²) < 4.78 is 23.2. The van der Waals surface area contributed by atoms with Gasteiger partial charge in [0.15, 0.2) is 0 Å². The Morgan fingerprint density at radius 1 is 1.42 bits per heavy atom. The number of esters is 1. The van der Waals surface area contributed by atoms with Crippen LogP contribution in [0.25, 0.3) is 0 Å². The topological polar surface area (TPSA) is 35.5 Å². The highest BCUT2D eigenvalue weighted by Crippen LogP contribution is 2.25. The predicted molar refractivity (Wildman–Crippen MR) is 67.7 cm³/mol. The standard InChI is InChI=1S/C15H15FO3/c1-2-7-18-10-14-9-12(15(17)19-14)8-11-3-5-13(16)6-4-11/h1,3-6,12,14H,7-10H2. The third-order valence-corrected chi connectivity index (χ3v) is 3.05. The van der Waals surface area contributed by atoms with Crippen LogP contribution in [-0.4, -0.2) is 25.3 Å². The molecule has 3 nitrogen and oxygen atoms in total. The molecule has 0 saturated carbocycles.